The van der Waals surface area contributed by atoms with Crippen molar-refractivity contribution in [2.75, 3.05) is 0 Å². The Morgan fingerprint density at radius 1 is 1.00 bits per heavy atom. The highest BCUT2D eigenvalue weighted by Gasteiger charge is 2.01. The monoisotopic (exact) mass is 330 g/mol. The SMILES string of the molecule is Clc1ccc(COc2cccc(Br)c2)cc1Cl. The van der Waals surface area contributed by atoms with Crippen molar-refractivity contribution < 1.29 is 4.74 Å². The molecule has 0 bridgehead atoms. The molecule has 0 N–H and O–H groups in total. The van der Waals surface area contributed by atoms with Gasteiger partial charge in [0.25, 0.3) is 0 Å². The second kappa shape index (κ2) is 5.76. The highest BCUT2D eigenvalue weighted by atomic mass is 79.9. The first-order valence-electron chi connectivity index (χ1n) is 4.97. The molecule has 0 saturated heterocycles. The van der Waals surface area contributed by atoms with Gasteiger partial charge in [-0.3, -0.25) is 0 Å². The third-order valence-electron chi connectivity index (χ3n) is 2.19. The molecule has 0 fully saturated rings. The van der Waals surface area contributed by atoms with Gasteiger partial charge in [0.15, 0.2) is 0 Å². The molecule has 0 atom stereocenters. The fourth-order valence-electron chi connectivity index (χ4n) is 1.35. The number of hydrogen-bond donors (Lipinski definition) is 0. The molecule has 0 radical (unpaired) electrons. The largest absolute Gasteiger partial charge is 0.489 e. The Hall–Kier alpha value is -0.700. The molecule has 0 aliphatic carbocycles. The predicted octanol–water partition coefficient (Wildman–Crippen LogP) is 5.33. The maximum Gasteiger partial charge on any atom is 0.120 e. The minimum absolute atomic E-state index is 0.466. The number of benzene rings is 2. The third-order valence-corrected chi connectivity index (χ3v) is 3.42. The van der Waals surface area contributed by atoms with Gasteiger partial charge in [-0.1, -0.05) is 51.3 Å². The van der Waals surface area contributed by atoms with Crippen LogP contribution in [0.15, 0.2) is 46.9 Å². The van der Waals surface area contributed by atoms with Gasteiger partial charge in [0, 0.05) is 4.47 Å². The van der Waals surface area contributed by atoms with E-state index in [1.165, 1.54) is 0 Å². The van der Waals surface area contributed by atoms with Gasteiger partial charge in [0.2, 0.25) is 0 Å². The minimum Gasteiger partial charge on any atom is -0.489 e. The van der Waals surface area contributed by atoms with Crippen LogP contribution in [-0.4, -0.2) is 0 Å². The molecule has 1 nitrogen and oxygen atoms in total. The van der Waals surface area contributed by atoms with E-state index < -0.39 is 0 Å². The summed E-state index contributed by atoms with van der Waals surface area (Å²) in [6, 6.07) is 13.2. The summed E-state index contributed by atoms with van der Waals surface area (Å²) in [6.45, 7) is 0.466. The Balaban J connectivity index is 2.05. The molecule has 0 aromatic heterocycles. The molecule has 17 heavy (non-hydrogen) atoms. The van der Waals surface area contributed by atoms with Crippen LogP contribution >= 0.6 is 39.1 Å². The first-order chi connectivity index (χ1) is 8.15. The highest BCUT2D eigenvalue weighted by molar-refractivity contribution is 9.10. The van der Waals surface area contributed by atoms with E-state index in [-0.39, 0.29) is 0 Å². The zero-order chi connectivity index (χ0) is 12.3. The summed E-state index contributed by atoms with van der Waals surface area (Å²) in [4.78, 5) is 0. The van der Waals surface area contributed by atoms with E-state index in [4.69, 9.17) is 27.9 Å². The van der Waals surface area contributed by atoms with E-state index in [1.54, 1.807) is 6.07 Å². The molecule has 4 heteroatoms. The van der Waals surface area contributed by atoms with E-state index in [0.717, 1.165) is 15.8 Å². The van der Waals surface area contributed by atoms with Crippen LogP contribution < -0.4 is 4.74 Å². The summed E-state index contributed by atoms with van der Waals surface area (Å²) >= 11 is 15.2. The fraction of sp³-hybridized carbons (Fsp3) is 0.0769. The average molecular weight is 332 g/mol. The maximum atomic E-state index is 5.93. The average Bonchev–Trinajstić information content (AvgIpc) is 2.31. The van der Waals surface area contributed by atoms with Crippen LogP contribution in [0, 0.1) is 0 Å². The number of halogens is 3. The standard InChI is InChI=1S/C13H9BrCl2O/c14-10-2-1-3-11(7-10)17-8-9-4-5-12(15)13(16)6-9/h1-7H,8H2. The molecule has 2 aromatic carbocycles. The molecule has 88 valence electrons. The van der Waals surface area contributed by atoms with E-state index in [1.807, 2.05) is 36.4 Å². The number of rotatable bonds is 3. The lowest BCUT2D eigenvalue weighted by atomic mass is 10.2. The molecular weight excluding hydrogens is 323 g/mol. The smallest absolute Gasteiger partial charge is 0.120 e. The van der Waals surface area contributed by atoms with Crippen molar-refractivity contribution in [1.29, 1.82) is 0 Å². The minimum atomic E-state index is 0.466. The van der Waals surface area contributed by atoms with Crippen LogP contribution in [0.25, 0.3) is 0 Å². The van der Waals surface area contributed by atoms with Crippen LogP contribution in [0.2, 0.25) is 10.0 Å². The summed E-state index contributed by atoms with van der Waals surface area (Å²) in [6.07, 6.45) is 0. The van der Waals surface area contributed by atoms with Crippen molar-refractivity contribution >= 4 is 39.1 Å². The Morgan fingerprint density at radius 2 is 1.82 bits per heavy atom. The molecule has 0 heterocycles. The molecule has 0 aliphatic rings. The lowest BCUT2D eigenvalue weighted by molar-refractivity contribution is 0.306. The number of ether oxygens (including phenoxy) is 1. The van der Waals surface area contributed by atoms with Crippen molar-refractivity contribution in [1.82, 2.24) is 0 Å². The Morgan fingerprint density at radius 3 is 2.53 bits per heavy atom. The topological polar surface area (TPSA) is 9.23 Å². The van der Waals surface area contributed by atoms with Gasteiger partial charge in [-0.25, -0.2) is 0 Å². The Labute approximate surface area is 118 Å². The van der Waals surface area contributed by atoms with Crippen LogP contribution in [0.5, 0.6) is 5.75 Å². The number of hydrogen-bond acceptors (Lipinski definition) is 1. The third kappa shape index (κ3) is 3.63. The summed E-state index contributed by atoms with van der Waals surface area (Å²) in [7, 11) is 0. The lowest BCUT2D eigenvalue weighted by Crippen LogP contribution is -1.95. The zero-order valence-electron chi connectivity index (χ0n) is 8.79. The van der Waals surface area contributed by atoms with Crippen LogP contribution in [-0.2, 0) is 6.61 Å². The van der Waals surface area contributed by atoms with E-state index in [0.29, 0.717) is 16.7 Å². The molecule has 0 amide bonds. The van der Waals surface area contributed by atoms with E-state index in [2.05, 4.69) is 15.9 Å². The van der Waals surface area contributed by atoms with Crippen molar-refractivity contribution in [2.45, 2.75) is 6.61 Å². The molecule has 0 unspecified atom stereocenters. The lowest BCUT2D eigenvalue weighted by Gasteiger charge is -2.07. The second-order valence-electron chi connectivity index (χ2n) is 3.49. The highest BCUT2D eigenvalue weighted by Crippen LogP contribution is 2.24. The van der Waals surface area contributed by atoms with Crippen molar-refractivity contribution in [2.24, 2.45) is 0 Å². The van der Waals surface area contributed by atoms with Gasteiger partial charge in [0.05, 0.1) is 10.0 Å². The first kappa shape index (κ1) is 12.7. The predicted molar refractivity (Wildman–Crippen MR) is 74.9 cm³/mol. The first-order valence-corrected chi connectivity index (χ1v) is 6.52. The Kier molecular flexibility index (Phi) is 4.32. The van der Waals surface area contributed by atoms with Crippen molar-refractivity contribution in [3.05, 3.63) is 62.5 Å². The summed E-state index contributed by atoms with van der Waals surface area (Å²) in [5, 5.41) is 1.10. The second-order valence-corrected chi connectivity index (χ2v) is 5.22. The van der Waals surface area contributed by atoms with Gasteiger partial charge in [0.1, 0.15) is 12.4 Å². The summed E-state index contributed by atoms with van der Waals surface area (Å²) in [5.74, 6) is 0.811. The molecule has 0 saturated carbocycles. The Bertz CT molecular complexity index is 529. The van der Waals surface area contributed by atoms with Gasteiger partial charge in [-0.05, 0) is 35.9 Å². The van der Waals surface area contributed by atoms with Crippen LogP contribution in [0.3, 0.4) is 0 Å². The quantitative estimate of drug-likeness (QED) is 0.738. The normalized spacial score (nSPS) is 10.3. The fourth-order valence-corrected chi connectivity index (χ4v) is 2.05. The zero-order valence-corrected chi connectivity index (χ0v) is 11.9. The summed E-state index contributed by atoms with van der Waals surface area (Å²) < 4.78 is 6.63. The van der Waals surface area contributed by atoms with E-state index in [9.17, 15) is 0 Å². The molecule has 0 spiro atoms. The van der Waals surface area contributed by atoms with Crippen molar-refractivity contribution in [3.63, 3.8) is 0 Å². The van der Waals surface area contributed by atoms with Crippen LogP contribution in [0.1, 0.15) is 5.56 Å². The van der Waals surface area contributed by atoms with Gasteiger partial charge < -0.3 is 4.74 Å². The summed E-state index contributed by atoms with van der Waals surface area (Å²) in [5.41, 5.74) is 0.986. The van der Waals surface area contributed by atoms with Gasteiger partial charge in [-0.15, -0.1) is 0 Å². The van der Waals surface area contributed by atoms with Gasteiger partial charge in [-0.2, -0.15) is 0 Å². The molecular formula is C13H9BrCl2O. The van der Waals surface area contributed by atoms with E-state index >= 15 is 0 Å². The van der Waals surface area contributed by atoms with Crippen LogP contribution in [0.4, 0.5) is 0 Å². The maximum absolute atomic E-state index is 5.93. The van der Waals surface area contributed by atoms with Crippen molar-refractivity contribution in [3.8, 4) is 5.75 Å². The molecule has 0 aliphatic heterocycles. The molecule has 2 rings (SSSR count). The molecule has 2 aromatic rings. The van der Waals surface area contributed by atoms with Gasteiger partial charge >= 0.3 is 0 Å².